The van der Waals surface area contributed by atoms with E-state index in [1.165, 1.54) is 0 Å². The third-order valence-corrected chi connectivity index (χ3v) is 3.30. The Kier molecular flexibility index (Phi) is 3.70. The van der Waals surface area contributed by atoms with Crippen LogP contribution in [-0.4, -0.2) is 30.2 Å². The van der Waals surface area contributed by atoms with Gasteiger partial charge in [0, 0.05) is 17.9 Å². The fraction of sp³-hybridized carbons (Fsp3) is 0.700. The molecule has 0 aliphatic heterocycles. The molecule has 90 valence electrons. The van der Waals surface area contributed by atoms with Gasteiger partial charge >= 0.3 is 5.97 Å². The zero-order chi connectivity index (χ0) is 11.2. The van der Waals surface area contributed by atoms with Crippen molar-refractivity contribution >= 4 is 29.9 Å². The Morgan fingerprint density at radius 2 is 1.94 bits per heavy atom. The zero-order valence-electron chi connectivity index (χ0n) is 8.84. The van der Waals surface area contributed by atoms with E-state index >= 15 is 0 Å². The molecule has 4 atom stereocenters. The second kappa shape index (κ2) is 4.51. The molecule has 4 unspecified atom stereocenters. The van der Waals surface area contributed by atoms with Gasteiger partial charge in [-0.15, -0.1) is 12.4 Å². The van der Waals surface area contributed by atoms with Crippen LogP contribution in [0.25, 0.3) is 0 Å². The highest BCUT2D eigenvalue weighted by molar-refractivity contribution is 6.42. The largest absolute Gasteiger partial charge is 0.466 e. The standard InChI is InChI=1S/C10H13NO4.ClH/c1-2-15-10(14)6-4-3-5(7(6)11)9(13)8(4)12;/h4-7H,2-3,11H2,1H3;1H. The molecule has 2 fully saturated rings. The summed E-state index contributed by atoms with van der Waals surface area (Å²) in [6.45, 7) is 1.96. The van der Waals surface area contributed by atoms with Gasteiger partial charge in [-0.3, -0.25) is 14.4 Å². The Morgan fingerprint density at radius 3 is 2.44 bits per heavy atom. The monoisotopic (exact) mass is 247 g/mol. The molecule has 2 rings (SSSR count). The summed E-state index contributed by atoms with van der Waals surface area (Å²) in [7, 11) is 0. The number of Topliss-reactive ketones (excluding diaryl/α,β-unsaturated/α-hetero) is 2. The highest BCUT2D eigenvalue weighted by Crippen LogP contribution is 2.43. The Bertz CT molecular complexity index is 344. The van der Waals surface area contributed by atoms with Gasteiger partial charge in [-0.25, -0.2) is 0 Å². The van der Waals surface area contributed by atoms with Crippen LogP contribution in [0.2, 0.25) is 0 Å². The molecule has 5 nitrogen and oxygen atoms in total. The number of ether oxygens (including phenoxy) is 1. The maximum Gasteiger partial charge on any atom is 0.311 e. The molecule has 0 aromatic heterocycles. The van der Waals surface area contributed by atoms with E-state index in [0.29, 0.717) is 6.42 Å². The SMILES string of the molecule is CCOC(=O)C1C2CC(C(=O)C2=O)C1N.Cl. The van der Waals surface area contributed by atoms with Crippen molar-refractivity contribution in [2.24, 2.45) is 23.5 Å². The molecule has 2 aliphatic rings. The summed E-state index contributed by atoms with van der Waals surface area (Å²) in [5, 5.41) is 0. The smallest absolute Gasteiger partial charge is 0.311 e. The average Bonchev–Trinajstić information content (AvgIpc) is 2.65. The molecule has 6 heteroatoms. The lowest BCUT2D eigenvalue weighted by molar-refractivity contribution is -0.154. The van der Waals surface area contributed by atoms with Crippen molar-refractivity contribution in [3.63, 3.8) is 0 Å². The van der Waals surface area contributed by atoms with Gasteiger partial charge in [0.05, 0.1) is 12.5 Å². The third kappa shape index (κ3) is 1.64. The Morgan fingerprint density at radius 1 is 1.38 bits per heavy atom. The number of esters is 1. The van der Waals surface area contributed by atoms with Gasteiger partial charge in [-0.2, -0.15) is 0 Å². The average molecular weight is 248 g/mol. The first-order chi connectivity index (χ1) is 7.07. The third-order valence-electron chi connectivity index (χ3n) is 3.30. The maximum absolute atomic E-state index is 11.5. The lowest BCUT2D eigenvalue weighted by Crippen LogP contribution is -2.48. The number of hydrogen-bond acceptors (Lipinski definition) is 5. The van der Waals surface area contributed by atoms with Gasteiger partial charge in [0.2, 0.25) is 11.6 Å². The minimum atomic E-state index is -0.611. The first-order valence-electron chi connectivity index (χ1n) is 5.08. The van der Waals surface area contributed by atoms with Gasteiger partial charge in [-0.1, -0.05) is 0 Å². The highest BCUT2D eigenvalue weighted by Gasteiger charge is 2.59. The summed E-state index contributed by atoms with van der Waals surface area (Å²) < 4.78 is 4.85. The van der Waals surface area contributed by atoms with Crippen molar-refractivity contribution in [2.75, 3.05) is 6.61 Å². The minimum absolute atomic E-state index is 0. The summed E-state index contributed by atoms with van der Waals surface area (Å²) in [6.07, 6.45) is 0.419. The topological polar surface area (TPSA) is 86.5 Å². The van der Waals surface area contributed by atoms with E-state index in [4.69, 9.17) is 10.5 Å². The number of fused-ring (bicyclic) bond motifs is 2. The molecular weight excluding hydrogens is 234 g/mol. The minimum Gasteiger partial charge on any atom is -0.466 e. The van der Waals surface area contributed by atoms with E-state index in [1.54, 1.807) is 6.92 Å². The van der Waals surface area contributed by atoms with Crippen LogP contribution in [0.15, 0.2) is 0 Å². The maximum atomic E-state index is 11.5. The summed E-state index contributed by atoms with van der Waals surface area (Å²) in [5.74, 6) is -2.90. The van der Waals surface area contributed by atoms with E-state index in [1.807, 2.05) is 0 Å². The Balaban J connectivity index is 0.00000128. The Hall–Kier alpha value is -0.940. The van der Waals surface area contributed by atoms with Crippen LogP contribution in [0.5, 0.6) is 0 Å². The number of ketones is 2. The van der Waals surface area contributed by atoms with E-state index in [9.17, 15) is 14.4 Å². The number of carbonyl (C=O) groups is 3. The molecule has 2 aliphatic carbocycles. The molecule has 2 saturated carbocycles. The number of rotatable bonds is 2. The van der Waals surface area contributed by atoms with Crippen LogP contribution in [0.4, 0.5) is 0 Å². The molecule has 0 spiro atoms. The van der Waals surface area contributed by atoms with E-state index < -0.39 is 41.3 Å². The van der Waals surface area contributed by atoms with Gasteiger partial charge in [-0.05, 0) is 13.3 Å². The second-order valence-corrected chi connectivity index (χ2v) is 4.03. The predicted molar refractivity (Wildman–Crippen MR) is 57.0 cm³/mol. The number of hydrogen-bond donors (Lipinski definition) is 1. The molecular formula is C10H14ClNO4. The van der Waals surface area contributed by atoms with Crippen molar-refractivity contribution in [3.8, 4) is 0 Å². The van der Waals surface area contributed by atoms with Crippen LogP contribution < -0.4 is 5.73 Å². The Labute approximate surface area is 99.1 Å². The van der Waals surface area contributed by atoms with E-state index in [-0.39, 0.29) is 19.0 Å². The van der Waals surface area contributed by atoms with Crippen molar-refractivity contribution in [1.82, 2.24) is 0 Å². The van der Waals surface area contributed by atoms with Crippen molar-refractivity contribution < 1.29 is 19.1 Å². The van der Waals surface area contributed by atoms with Gasteiger partial charge in [0.25, 0.3) is 0 Å². The van der Waals surface area contributed by atoms with Crippen molar-refractivity contribution in [2.45, 2.75) is 19.4 Å². The van der Waals surface area contributed by atoms with Gasteiger partial charge in [0.1, 0.15) is 0 Å². The van der Waals surface area contributed by atoms with E-state index in [2.05, 4.69) is 0 Å². The van der Waals surface area contributed by atoms with Crippen LogP contribution in [0.1, 0.15) is 13.3 Å². The van der Waals surface area contributed by atoms with E-state index in [0.717, 1.165) is 0 Å². The molecule has 0 amide bonds. The fourth-order valence-corrected chi connectivity index (χ4v) is 2.57. The van der Waals surface area contributed by atoms with Crippen molar-refractivity contribution in [1.29, 1.82) is 0 Å². The number of nitrogens with two attached hydrogens (primary N) is 1. The molecule has 0 radical (unpaired) electrons. The van der Waals surface area contributed by atoms with Gasteiger partial charge < -0.3 is 10.5 Å². The summed E-state index contributed by atoms with van der Waals surface area (Å²) in [4.78, 5) is 34.3. The first kappa shape index (κ1) is 13.1. The number of carbonyl (C=O) groups excluding carboxylic acids is 3. The molecule has 0 saturated heterocycles. The lowest BCUT2D eigenvalue weighted by Gasteiger charge is -2.24. The van der Waals surface area contributed by atoms with Crippen molar-refractivity contribution in [3.05, 3.63) is 0 Å². The highest BCUT2D eigenvalue weighted by atomic mass is 35.5. The molecule has 0 heterocycles. The lowest BCUT2D eigenvalue weighted by atomic mass is 9.83. The molecule has 0 aromatic rings. The fourth-order valence-electron chi connectivity index (χ4n) is 2.57. The summed E-state index contributed by atoms with van der Waals surface area (Å²) in [6, 6.07) is -0.542. The molecule has 2 N–H and O–H groups in total. The molecule has 2 bridgehead atoms. The normalized spacial score (nSPS) is 36.1. The van der Waals surface area contributed by atoms with Gasteiger partial charge in [0.15, 0.2) is 0 Å². The first-order valence-corrected chi connectivity index (χ1v) is 5.08. The molecule has 0 aromatic carbocycles. The summed E-state index contributed by atoms with van der Waals surface area (Å²) in [5.41, 5.74) is 5.77. The quantitative estimate of drug-likeness (QED) is 0.535. The second-order valence-electron chi connectivity index (χ2n) is 4.03. The van der Waals surface area contributed by atoms with Crippen LogP contribution in [-0.2, 0) is 19.1 Å². The number of halogens is 1. The van der Waals surface area contributed by atoms with Crippen LogP contribution >= 0.6 is 12.4 Å². The zero-order valence-corrected chi connectivity index (χ0v) is 9.66. The predicted octanol–water partition coefficient (Wildman–Crippen LogP) is -0.297. The summed E-state index contributed by atoms with van der Waals surface area (Å²) >= 11 is 0. The van der Waals surface area contributed by atoms with Crippen LogP contribution in [0.3, 0.4) is 0 Å². The van der Waals surface area contributed by atoms with Crippen LogP contribution in [0, 0.1) is 17.8 Å². The molecule has 16 heavy (non-hydrogen) atoms.